The minimum Gasteiger partial charge on any atom is -0.495 e. The van der Waals surface area contributed by atoms with E-state index in [9.17, 15) is 4.79 Å². The van der Waals surface area contributed by atoms with Gasteiger partial charge in [-0.1, -0.05) is 11.6 Å². The number of nitrogens with zero attached hydrogens (tertiary/aromatic N) is 3. The smallest absolute Gasteiger partial charge is 0.249 e. The number of ether oxygens (including phenoxy) is 1. The van der Waals surface area contributed by atoms with Gasteiger partial charge in [0.25, 0.3) is 0 Å². The third-order valence-corrected chi connectivity index (χ3v) is 3.68. The van der Waals surface area contributed by atoms with Gasteiger partial charge in [0.05, 0.1) is 19.0 Å². The highest BCUT2D eigenvalue weighted by molar-refractivity contribution is 6.31. The Morgan fingerprint density at radius 2 is 1.81 bits per heavy atom. The number of anilines is 5. The van der Waals surface area contributed by atoms with Gasteiger partial charge in [-0.05, 0) is 42.5 Å². The fourth-order valence-electron chi connectivity index (χ4n) is 2.30. The van der Waals surface area contributed by atoms with Gasteiger partial charge < -0.3 is 20.7 Å². The number of benzene rings is 2. The summed E-state index contributed by atoms with van der Waals surface area (Å²) < 4.78 is 5.29. The quantitative estimate of drug-likeness (QED) is 0.590. The first-order chi connectivity index (χ1) is 13.0. The van der Waals surface area contributed by atoms with Crippen LogP contribution in [0.3, 0.4) is 0 Å². The van der Waals surface area contributed by atoms with Crippen LogP contribution in [0.4, 0.5) is 28.8 Å². The fourth-order valence-corrected chi connectivity index (χ4v) is 2.48. The topological polar surface area (TPSA) is 101 Å². The second-order valence-electron chi connectivity index (χ2n) is 5.52. The molecule has 0 atom stereocenters. The fraction of sp³-hybridized carbons (Fsp3) is 0.111. The maximum absolute atomic E-state index is 11.1. The normalized spacial score (nSPS) is 10.2. The summed E-state index contributed by atoms with van der Waals surface area (Å²) in [5, 5.41) is 17.3. The molecule has 0 unspecified atom stereocenters. The summed E-state index contributed by atoms with van der Waals surface area (Å²) in [4.78, 5) is 15.4. The summed E-state index contributed by atoms with van der Waals surface area (Å²) in [6.07, 6.45) is 1.50. The lowest BCUT2D eigenvalue weighted by Crippen LogP contribution is -2.05. The molecule has 27 heavy (non-hydrogen) atoms. The van der Waals surface area contributed by atoms with Gasteiger partial charge in [-0.25, -0.2) is 0 Å². The molecule has 3 aromatic rings. The zero-order valence-electron chi connectivity index (χ0n) is 14.7. The van der Waals surface area contributed by atoms with Gasteiger partial charge in [0.15, 0.2) is 5.82 Å². The Morgan fingerprint density at radius 1 is 1.07 bits per heavy atom. The van der Waals surface area contributed by atoms with Crippen LogP contribution in [-0.2, 0) is 4.79 Å². The van der Waals surface area contributed by atoms with Gasteiger partial charge in [0.2, 0.25) is 11.9 Å². The third kappa shape index (κ3) is 5.05. The Bertz CT molecular complexity index is 949. The molecule has 8 nitrogen and oxygen atoms in total. The molecule has 3 N–H and O–H groups in total. The number of carbonyl (C=O) groups excluding carboxylic acids is 1. The van der Waals surface area contributed by atoms with Gasteiger partial charge in [0, 0.05) is 23.3 Å². The molecule has 0 fully saturated rings. The van der Waals surface area contributed by atoms with Gasteiger partial charge in [-0.3, -0.25) is 4.79 Å². The van der Waals surface area contributed by atoms with Crippen molar-refractivity contribution in [2.24, 2.45) is 0 Å². The van der Waals surface area contributed by atoms with Gasteiger partial charge in [-0.2, -0.15) is 10.1 Å². The monoisotopic (exact) mass is 384 g/mol. The number of aromatic nitrogens is 3. The molecule has 0 saturated carbocycles. The highest BCUT2D eigenvalue weighted by Crippen LogP contribution is 2.29. The Hall–Kier alpha value is -3.39. The molecule has 138 valence electrons. The van der Waals surface area contributed by atoms with E-state index in [-0.39, 0.29) is 11.9 Å². The molecule has 0 aliphatic carbocycles. The molecular formula is C18H17ClN6O2. The Morgan fingerprint density at radius 3 is 2.52 bits per heavy atom. The molecule has 0 spiro atoms. The summed E-state index contributed by atoms with van der Waals surface area (Å²) >= 11 is 6.03. The molecule has 3 rings (SSSR count). The van der Waals surface area contributed by atoms with Crippen LogP contribution in [0, 0.1) is 0 Å². The number of rotatable bonds is 6. The second-order valence-corrected chi connectivity index (χ2v) is 5.95. The lowest BCUT2D eigenvalue weighted by atomic mass is 10.3. The second kappa shape index (κ2) is 8.33. The van der Waals surface area contributed by atoms with Crippen LogP contribution < -0.4 is 20.7 Å². The van der Waals surface area contributed by atoms with Crippen LogP contribution in [0.2, 0.25) is 5.02 Å². The minimum absolute atomic E-state index is 0.122. The molecule has 1 amide bonds. The Labute approximate surface area is 160 Å². The van der Waals surface area contributed by atoms with Crippen molar-refractivity contribution in [2.75, 3.05) is 23.1 Å². The van der Waals surface area contributed by atoms with Crippen molar-refractivity contribution >= 4 is 46.3 Å². The molecule has 0 aliphatic heterocycles. The lowest BCUT2D eigenvalue weighted by Gasteiger charge is -2.11. The molecule has 0 radical (unpaired) electrons. The summed E-state index contributed by atoms with van der Waals surface area (Å²) in [6.45, 7) is 1.46. The molecular weight excluding hydrogens is 368 g/mol. The zero-order valence-corrected chi connectivity index (χ0v) is 15.4. The Kier molecular flexibility index (Phi) is 5.68. The largest absolute Gasteiger partial charge is 0.495 e. The van der Waals surface area contributed by atoms with Gasteiger partial charge in [0.1, 0.15) is 5.75 Å². The minimum atomic E-state index is -0.122. The number of nitrogens with one attached hydrogen (secondary N) is 3. The van der Waals surface area contributed by atoms with Crippen LogP contribution in [0.5, 0.6) is 5.75 Å². The summed E-state index contributed by atoms with van der Waals surface area (Å²) in [7, 11) is 1.57. The molecule has 1 heterocycles. The number of carbonyl (C=O) groups is 1. The van der Waals surface area contributed by atoms with Crippen molar-refractivity contribution in [1.29, 1.82) is 0 Å². The van der Waals surface area contributed by atoms with E-state index in [1.165, 1.54) is 13.1 Å². The average Bonchev–Trinajstić information content (AvgIpc) is 2.63. The van der Waals surface area contributed by atoms with Crippen molar-refractivity contribution in [1.82, 2.24) is 15.2 Å². The first-order valence-corrected chi connectivity index (χ1v) is 8.36. The first-order valence-electron chi connectivity index (χ1n) is 7.98. The molecule has 2 aromatic carbocycles. The van der Waals surface area contributed by atoms with Crippen molar-refractivity contribution < 1.29 is 9.53 Å². The van der Waals surface area contributed by atoms with E-state index in [1.54, 1.807) is 37.4 Å². The summed E-state index contributed by atoms with van der Waals surface area (Å²) in [5.41, 5.74) is 2.13. The van der Waals surface area contributed by atoms with E-state index in [4.69, 9.17) is 16.3 Å². The van der Waals surface area contributed by atoms with Crippen molar-refractivity contribution in [3.05, 3.63) is 53.7 Å². The van der Waals surface area contributed by atoms with Crippen molar-refractivity contribution in [3.8, 4) is 5.75 Å². The molecule has 0 aliphatic rings. The van der Waals surface area contributed by atoms with E-state index in [1.807, 2.05) is 12.1 Å². The standard InChI is InChI=1S/C18H17ClN6O2/c1-11(26)21-13-4-6-14(7-5-13)22-17-10-20-25-18(24-17)23-15-9-12(19)3-8-16(15)27-2/h3-10H,1-2H3,(H,21,26)(H2,22,23,24,25). The predicted octanol–water partition coefficient (Wildman–Crippen LogP) is 3.98. The maximum atomic E-state index is 11.1. The zero-order chi connectivity index (χ0) is 19.2. The number of methoxy groups -OCH3 is 1. The molecule has 9 heteroatoms. The number of amides is 1. The van der Waals surface area contributed by atoms with Crippen molar-refractivity contribution in [2.45, 2.75) is 6.92 Å². The van der Waals surface area contributed by atoms with Crippen molar-refractivity contribution in [3.63, 3.8) is 0 Å². The highest BCUT2D eigenvalue weighted by Gasteiger charge is 2.07. The SMILES string of the molecule is COc1ccc(Cl)cc1Nc1nncc(Nc2ccc(NC(C)=O)cc2)n1. The van der Waals surface area contributed by atoms with Crippen LogP contribution in [-0.4, -0.2) is 28.2 Å². The number of hydrogen-bond acceptors (Lipinski definition) is 7. The van der Waals surface area contributed by atoms with E-state index in [2.05, 4.69) is 31.1 Å². The Balaban J connectivity index is 1.74. The number of halogens is 1. The van der Waals surface area contributed by atoms with Gasteiger partial charge >= 0.3 is 0 Å². The number of hydrogen-bond donors (Lipinski definition) is 3. The third-order valence-electron chi connectivity index (χ3n) is 3.44. The molecule has 0 bridgehead atoms. The summed E-state index contributed by atoms with van der Waals surface area (Å²) in [6, 6.07) is 12.4. The molecule has 0 saturated heterocycles. The van der Waals surface area contributed by atoms with E-state index in [0.717, 1.165) is 5.69 Å². The maximum Gasteiger partial charge on any atom is 0.249 e. The van der Waals surface area contributed by atoms with E-state index >= 15 is 0 Å². The first kappa shape index (κ1) is 18.4. The highest BCUT2D eigenvalue weighted by atomic mass is 35.5. The summed E-state index contributed by atoms with van der Waals surface area (Å²) in [5.74, 6) is 1.27. The van der Waals surface area contributed by atoms with Crippen LogP contribution in [0.25, 0.3) is 0 Å². The van der Waals surface area contributed by atoms with Gasteiger partial charge in [-0.15, -0.1) is 5.10 Å². The predicted molar refractivity (Wildman–Crippen MR) is 105 cm³/mol. The average molecular weight is 385 g/mol. The molecule has 1 aromatic heterocycles. The lowest BCUT2D eigenvalue weighted by molar-refractivity contribution is -0.114. The van der Waals surface area contributed by atoms with Crippen LogP contribution in [0.15, 0.2) is 48.7 Å². The van der Waals surface area contributed by atoms with Crippen LogP contribution >= 0.6 is 11.6 Å². The van der Waals surface area contributed by atoms with Crippen LogP contribution in [0.1, 0.15) is 6.92 Å². The van der Waals surface area contributed by atoms with E-state index in [0.29, 0.717) is 28.0 Å². The van der Waals surface area contributed by atoms with E-state index < -0.39 is 0 Å².